The van der Waals surface area contributed by atoms with Gasteiger partial charge in [-0.3, -0.25) is 14.7 Å². The van der Waals surface area contributed by atoms with E-state index in [1.165, 1.54) is 44.7 Å². The molecule has 4 fully saturated rings. The van der Waals surface area contributed by atoms with Crippen molar-refractivity contribution in [3.63, 3.8) is 0 Å². The smallest absolute Gasteiger partial charge is 0.250 e. The first-order valence-electron chi connectivity index (χ1n) is 10.7. The van der Waals surface area contributed by atoms with Gasteiger partial charge in [0, 0.05) is 31.9 Å². The van der Waals surface area contributed by atoms with Crippen molar-refractivity contribution in [1.29, 1.82) is 0 Å². The second-order valence-electron chi connectivity index (χ2n) is 9.59. The van der Waals surface area contributed by atoms with E-state index in [2.05, 4.69) is 16.8 Å². The molecule has 4 aliphatic carbocycles. The predicted molar refractivity (Wildman–Crippen MR) is 110 cm³/mol. The Morgan fingerprint density at radius 3 is 2.46 bits per heavy atom. The molecular formula is C22H32ClN3O2. The van der Waals surface area contributed by atoms with Gasteiger partial charge in [0.2, 0.25) is 5.91 Å². The first-order valence-corrected chi connectivity index (χ1v) is 11.1. The van der Waals surface area contributed by atoms with Crippen LogP contribution < -0.4 is 5.73 Å². The van der Waals surface area contributed by atoms with Crippen LogP contribution >= 0.6 is 11.6 Å². The maximum absolute atomic E-state index is 11.7. The molecule has 3 N–H and O–H groups in total. The highest BCUT2D eigenvalue weighted by molar-refractivity contribution is 6.33. The first-order chi connectivity index (χ1) is 13.4. The number of hydrogen-bond donors (Lipinski definition) is 2. The summed E-state index contributed by atoms with van der Waals surface area (Å²) < 4.78 is 0. The number of pyridine rings is 1. The average molecular weight is 406 g/mol. The van der Waals surface area contributed by atoms with Crippen molar-refractivity contribution in [3.8, 4) is 0 Å². The van der Waals surface area contributed by atoms with Gasteiger partial charge in [0.25, 0.3) is 0 Å². The number of rotatable bonds is 8. The molecule has 1 atom stereocenters. The van der Waals surface area contributed by atoms with Crippen LogP contribution in [0.2, 0.25) is 5.02 Å². The van der Waals surface area contributed by atoms with E-state index in [0.29, 0.717) is 16.0 Å². The molecular weight excluding hydrogens is 374 g/mol. The Labute approximate surface area is 172 Å². The zero-order valence-corrected chi connectivity index (χ0v) is 17.5. The minimum Gasteiger partial charge on any atom is -0.396 e. The Morgan fingerprint density at radius 2 is 1.93 bits per heavy atom. The van der Waals surface area contributed by atoms with Gasteiger partial charge in [-0.15, -0.1) is 0 Å². The van der Waals surface area contributed by atoms with Crippen LogP contribution in [0.5, 0.6) is 0 Å². The van der Waals surface area contributed by atoms with Crippen LogP contribution in [-0.2, 0) is 0 Å². The summed E-state index contributed by atoms with van der Waals surface area (Å²) in [6, 6.07) is 1.79. The average Bonchev–Trinajstić information content (AvgIpc) is 2.63. The van der Waals surface area contributed by atoms with Crippen LogP contribution in [0.25, 0.3) is 0 Å². The van der Waals surface area contributed by atoms with Crippen molar-refractivity contribution in [1.82, 2.24) is 9.88 Å². The first kappa shape index (κ1) is 20.1. The highest BCUT2D eigenvalue weighted by atomic mass is 35.5. The van der Waals surface area contributed by atoms with Crippen molar-refractivity contribution in [3.05, 3.63) is 28.5 Å². The third-order valence-electron chi connectivity index (χ3n) is 7.42. The number of carbonyl (C=O) groups is 1. The monoisotopic (exact) mass is 405 g/mol. The molecule has 1 aromatic rings. The number of hydrogen-bond acceptors (Lipinski definition) is 4. The lowest BCUT2D eigenvalue weighted by Crippen LogP contribution is -2.51. The maximum Gasteiger partial charge on any atom is 0.250 e. The van der Waals surface area contributed by atoms with Crippen molar-refractivity contribution in [2.24, 2.45) is 28.9 Å². The number of amides is 1. The molecule has 5 rings (SSSR count). The van der Waals surface area contributed by atoms with Crippen LogP contribution in [0.15, 0.2) is 12.3 Å². The number of aliphatic hydroxyl groups excluding tert-OH is 1. The molecule has 0 saturated heterocycles. The van der Waals surface area contributed by atoms with Gasteiger partial charge in [0.15, 0.2) is 0 Å². The predicted octanol–water partition coefficient (Wildman–Crippen LogP) is 3.80. The SMILES string of the molecule is CC(c1cc(C(N)=O)c(Cl)cn1)N(CCCO)CC12CC3CC(CC(C3)C1)C2. The molecule has 0 radical (unpaired) electrons. The highest BCUT2D eigenvalue weighted by Gasteiger charge is 2.51. The molecule has 0 aromatic carbocycles. The van der Waals surface area contributed by atoms with Gasteiger partial charge in [0.1, 0.15) is 0 Å². The van der Waals surface area contributed by atoms with Crippen molar-refractivity contribution >= 4 is 17.5 Å². The molecule has 1 heterocycles. The molecule has 4 saturated carbocycles. The lowest BCUT2D eigenvalue weighted by Gasteiger charge is -2.58. The topological polar surface area (TPSA) is 79.5 Å². The summed E-state index contributed by atoms with van der Waals surface area (Å²) in [6.07, 6.45) is 10.6. The van der Waals surface area contributed by atoms with Crippen LogP contribution in [0.4, 0.5) is 0 Å². The van der Waals surface area contributed by atoms with Gasteiger partial charge in [-0.05, 0) is 81.1 Å². The largest absolute Gasteiger partial charge is 0.396 e. The summed E-state index contributed by atoms with van der Waals surface area (Å²) in [7, 11) is 0. The highest BCUT2D eigenvalue weighted by Crippen LogP contribution is 2.60. The number of nitrogens with zero attached hydrogens (tertiary/aromatic N) is 2. The Bertz CT molecular complexity index is 703. The number of halogens is 1. The van der Waals surface area contributed by atoms with Crippen molar-refractivity contribution < 1.29 is 9.90 Å². The summed E-state index contributed by atoms with van der Waals surface area (Å²) in [5.41, 5.74) is 7.04. The minimum absolute atomic E-state index is 0.0509. The van der Waals surface area contributed by atoms with Gasteiger partial charge < -0.3 is 10.8 Å². The summed E-state index contributed by atoms with van der Waals surface area (Å²) in [4.78, 5) is 18.7. The molecule has 0 aliphatic heterocycles. The molecule has 6 heteroatoms. The number of aromatic nitrogens is 1. The Morgan fingerprint density at radius 1 is 1.32 bits per heavy atom. The molecule has 154 valence electrons. The standard InChI is InChI=1S/C22H32ClN3O2/c1-14(20-8-18(21(24)28)19(23)12-25-20)26(3-2-4-27)13-22-9-15-5-16(10-22)7-17(6-15)11-22/h8,12,14-17,27H,2-7,9-11,13H2,1H3,(H2,24,28). The van der Waals surface area contributed by atoms with Crippen LogP contribution in [-0.4, -0.2) is 40.6 Å². The Hall–Kier alpha value is -1.17. The van der Waals surface area contributed by atoms with E-state index >= 15 is 0 Å². The summed E-state index contributed by atoms with van der Waals surface area (Å²) in [5.74, 6) is 2.22. The lowest BCUT2D eigenvalue weighted by molar-refractivity contribution is -0.0746. The molecule has 1 aromatic heterocycles. The van der Waals surface area contributed by atoms with Crippen LogP contribution in [0.3, 0.4) is 0 Å². The third kappa shape index (κ3) is 3.94. The quantitative estimate of drug-likeness (QED) is 0.689. The fourth-order valence-electron chi connectivity index (χ4n) is 6.66. The number of aliphatic hydroxyl groups is 1. The van der Waals surface area contributed by atoms with E-state index in [-0.39, 0.29) is 12.6 Å². The molecule has 28 heavy (non-hydrogen) atoms. The second-order valence-corrected chi connectivity index (χ2v) is 10.0. The summed E-state index contributed by atoms with van der Waals surface area (Å²) >= 11 is 6.09. The number of primary amides is 1. The molecule has 0 spiro atoms. The van der Waals surface area contributed by atoms with E-state index < -0.39 is 5.91 Å². The fraction of sp³-hybridized carbons (Fsp3) is 0.727. The van der Waals surface area contributed by atoms with E-state index in [9.17, 15) is 9.90 Å². The fourth-order valence-corrected chi connectivity index (χ4v) is 6.85. The number of carbonyl (C=O) groups excluding carboxylic acids is 1. The maximum atomic E-state index is 11.7. The van der Waals surface area contributed by atoms with Gasteiger partial charge in [-0.2, -0.15) is 0 Å². The van der Waals surface area contributed by atoms with E-state index in [1.54, 1.807) is 6.07 Å². The lowest BCUT2D eigenvalue weighted by atomic mass is 9.49. The van der Waals surface area contributed by atoms with Crippen LogP contribution in [0, 0.1) is 23.2 Å². The third-order valence-corrected chi connectivity index (χ3v) is 7.73. The van der Waals surface area contributed by atoms with Gasteiger partial charge in [-0.1, -0.05) is 11.6 Å². The molecule has 4 bridgehead atoms. The van der Waals surface area contributed by atoms with Crippen molar-refractivity contribution in [2.75, 3.05) is 19.7 Å². The second kappa shape index (κ2) is 7.92. The summed E-state index contributed by atoms with van der Waals surface area (Å²) in [6.45, 7) is 4.20. The Kier molecular flexibility index (Phi) is 5.69. The molecule has 4 aliphatic rings. The minimum atomic E-state index is -0.524. The van der Waals surface area contributed by atoms with Gasteiger partial charge in [-0.25, -0.2) is 0 Å². The van der Waals surface area contributed by atoms with Gasteiger partial charge >= 0.3 is 0 Å². The van der Waals surface area contributed by atoms with Crippen molar-refractivity contribution in [2.45, 2.75) is 57.9 Å². The molecule has 1 unspecified atom stereocenters. The van der Waals surface area contributed by atoms with E-state index in [1.807, 2.05) is 0 Å². The zero-order chi connectivity index (χ0) is 19.9. The number of nitrogens with two attached hydrogens (primary N) is 1. The van der Waals surface area contributed by atoms with Crippen LogP contribution in [0.1, 0.15) is 74.0 Å². The molecule has 1 amide bonds. The zero-order valence-electron chi connectivity index (χ0n) is 16.7. The van der Waals surface area contributed by atoms with E-state index in [4.69, 9.17) is 17.3 Å². The molecule has 5 nitrogen and oxygen atoms in total. The summed E-state index contributed by atoms with van der Waals surface area (Å²) in [5, 5.41) is 9.73. The van der Waals surface area contributed by atoms with E-state index in [0.717, 1.165) is 43.0 Å². The normalized spacial score (nSPS) is 32.1. The van der Waals surface area contributed by atoms with Gasteiger partial charge in [0.05, 0.1) is 16.3 Å². The Balaban J connectivity index is 1.56.